The first-order valence-electron chi connectivity index (χ1n) is 9.98. The van der Waals surface area contributed by atoms with Crippen molar-refractivity contribution in [3.8, 4) is 0 Å². The van der Waals surface area contributed by atoms with Crippen LogP contribution in [0.3, 0.4) is 0 Å². The van der Waals surface area contributed by atoms with Gasteiger partial charge in [-0.25, -0.2) is 4.79 Å². The van der Waals surface area contributed by atoms with Gasteiger partial charge in [0, 0.05) is 32.1 Å². The monoisotopic (exact) mass is 398 g/mol. The number of nitrogens with zero attached hydrogens (tertiary/aromatic N) is 1. The maximum atomic E-state index is 12.6. The molecular formula is C23H30N2O4. The molecule has 0 radical (unpaired) electrons. The van der Waals surface area contributed by atoms with Crippen LogP contribution >= 0.6 is 0 Å². The van der Waals surface area contributed by atoms with Crippen molar-refractivity contribution < 1.29 is 14.0 Å². The van der Waals surface area contributed by atoms with E-state index in [2.05, 4.69) is 12.2 Å². The van der Waals surface area contributed by atoms with Gasteiger partial charge in [-0.05, 0) is 49.1 Å². The van der Waals surface area contributed by atoms with Crippen LogP contribution in [0.4, 0.5) is 5.69 Å². The minimum absolute atomic E-state index is 0.0260. The van der Waals surface area contributed by atoms with Gasteiger partial charge >= 0.3 is 5.63 Å². The molecule has 29 heavy (non-hydrogen) atoms. The summed E-state index contributed by atoms with van der Waals surface area (Å²) in [5.74, 6) is 0.334. The van der Waals surface area contributed by atoms with Crippen molar-refractivity contribution in [1.29, 1.82) is 0 Å². The molecule has 0 saturated carbocycles. The van der Waals surface area contributed by atoms with Crippen molar-refractivity contribution >= 4 is 17.5 Å². The lowest BCUT2D eigenvalue weighted by Crippen LogP contribution is -2.23. The summed E-state index contributed by atoms with van der Waals surface area (Å²) < 4.78 is 5.40. The first kappa shape index (κ1) is 22.4. The van der Waals surface area contributed by atoms with Gasteiger partial charge in [0.1, 0.15) is 11.3 Å². The zero-order chi connectivity index (χ0) is 21.6. The van der Waals surface area contributed by atoms with Crippen LogP contribution in [0.1, 0.15) is 66.3 Å². The number of nitrogens with one attached hydrogen (secondary N) is 1. The molecule has 0 aliphatic carbocycles. The van der Waals surface area contributed by atoms with E-state index in [4.69, 9.17) is 4.42 Å². The second kappa shape index (κ2) is 10.0. The Morgan fingerprint density at radius 1 is 1.17 bits per heavy atom. The highest BCUT2D eigenvalue weighted by Gasteiger charge is 2.19. The zero-order valence-corrected chi connectivity index (χ0v) is 17.9. The van der Waals surface area contributed by atoms with Gasteiger partial charge in [0.05, 0.1) is 0 Å². The molecule has 1 atom stereocenters. The Bertz CT molecular complexity index is 913. The number of amides is 2. The summed E-state index contributed by atoms with van der Waals surface area (Å²) in [4.78, 5) is 38.3. The second-order valence-electron chi connectivity index (χ2n) is 7.62. The lowest BCUT2D eigenvalue weighted by Gasteiger charge is -2.12. The highest BCUT2D eigenvalue weighted by molar-refractivity contribution is 6.04. The number of hydrogen-bond donors (Lipinski definition) is 1. The Kier molecular flexibility index (Phi) is 7.76. The molecule has 0 bridgehead atoms. The molecule has 2 rings (SSSR count). The highest BCUT2D eigenvalue weighted by Crippen LogP contribution is 2.21. The van der Waals surface area contributed by atoms with Gasteiger partial charge in [-0.15, -0.1) is 0 Å². The molecule has 0 aliphatic heterocycles. The molecule has 2 aromatic rings. The Morgan fingerprint density at radius 2 is 1.83 bits per heavy atom. The molecule has 0 fully saturated rings. The quantitative estimate of drug-likeness (QED) is 0.725. The van der Waals surface area contributed by atoms with Gasteiger partial charge in [0.15, 0.2) is 0 Å². The van der Waals surface area contributed by atoms with Crippen LogP contribution in [-0.4, -0.2) is 30.8 Å². The Labute approximate surface area is 171 Å². The predicted octanol–water partition coefficient (Wildman–Crippen LogP) is 4.12. The third-order valence-corrected chi connectivity index (χ3v) is 4.94. The van der Waals surface area contributed by atoms with Crippen LogP contribution in [0, 0.1) is 6.92 Å². The zero-order valence-electron chi connectivity index (χ0n) is 17.9. The molecule has 1 aromatic heterocycles. The van der Waals surface area contributed by atoms with Gasteiger partial charge in [0.2, 0.25) is 5.91 Å². The molecule has 156 valence electrons. The third kappa shape index (κ3) is 6.04. The number of rotatable bonds is 8. The standard InChI is InChI=1S/C23H30N2O4/c1-6-7-15(2)19-14-16(3)21(23(28)29-19)22(27)24-18-11-8-17(9-12-18)10-13-20(26)25(4)5/h8-9,11-12,14-15H,6-7,10,13H2,1-5H3,(H,24,27). The highest BCUT2D eigenvalue weighted by atomic mass is 16.4. The van der Waals surface area contributed by atoms with E-state index in [0.717, 1.165) is 18.4 Å². The first-order valence-corrected chi connectivity index (χ1v) is 9.98. The van der Waals surface area contributed by atoms with Crippen molar-refractivity contribution in [2.24, 2.45) is 0 Å². The number of benzene rings is 1. The van der Waals surface area contributed by atoms with Gasteiger partial charge in [0.25, 0.3) is 5.91 Å². The van der Waals surface area contributed by atoms with Crippen LogP contribution in [0.25, 0.3) is 0 Å². The van der Waals surface area contributed by atoms with E-state index in [0.29, 0.717) is 29.9 Å². The normalized spacial score (nSPS) is 11.8. The van der Waals surface area contributed by atoms with E-state index in [1.165, 1.54) is 0 Å². The summed E-state index contributed by atoms with van der Waals surface area (Å²) in [6, 6.07) is 9.04. The number of hydrogen-bond acceptors (Lipinski definition) is 4. The lowest BCUT2D eigenvalue weighted by molar-refractivity contribution is -0.128. The predicted molar refractivity (Wildman–Crippen MR) is 114 cm³/mol. The average molecular weight is 399 g/mol. The largest absolute Gasteiger partial charge is 0.427 e. The van der Waals surface area contributed by atoms with Crippen molar-refractivity contribution in [2.45, 2.75) is 52.4 Å². The van der Waals surface area contributed by atoms with Crippen LogP contribution in [0.15, 0.2) is 39.5 Å². The van der Waals surface area contributed by atoms with E-state index < -0.39 is 11.5 Å². The van der Waals surface area contributed by atoms with E-state index in [1.54, 1.807) is 44.1 Å². The fourth-order valence-electron chi connectivity index (χ4n) is 3.15. The van der Waals surface area contributed by atoms with Crippen molar-refractivity contribution in [2.75, 3.05) is 19.4 Å². The maximum Gasteiger partial charge on any atom is 0.349 e. The minimum atomic E-state index is -0.612. The van der Waals surface area contributed by atoms with Crippen molar-refractivity contribution in [1.82, 2.24) is 4.90 Å². The molecule has 1 aromatic carbocycles. The summed E-state index contributed by atoms with van der Waals surface area (Å²) in [6.07, 6.45) is 2.97. The van der Waals surface area contributed by atoms with Gasteiger partial charge < -0.3 is 14.6 Å². The summed E-state index contributed by atoms with van der Waals surface area (Å²) in [5, 5.41) is 2.75. The molecule has 0 spiro atoms. The number of aryl methyl sites for hydroxylation is 2. The topological polar surface area (TPSA) is 79.6 Å². The van der Waals surface area contributed by atoms with Crippen LogP contribution in [-0.2, 0) is 11.2 Å². The number of carbonyl (C=O) groups excluding carboxylic acids is 2. The van der Waals surface area contributed by atoms with E-state index in [9.17, 15) is 14.4 Å². The number of carbonyl (C=O) groups is 2. The fourth-order valence-corrected chi connectivity index (χ4v) is 3.15. The van der Waals surface area contributed by atoms with Crippen LogP contribution in [0.2, 0.25) is 0 Å². The Morgan fingerprint density at radius 3 is 2.38 bits per heavy atom. The molecule has 1 N–H and O–H groups in total. The van der Waals surface area contributed by atoms with E-state index >= 15 is 0 Å². The SMILES string of the molecule is CCCC(C)c1cc(C)c(C(=O)Nc2ccc(CCC(=O)N(C)C)cc2)c(=O)o1. The average Bonchev–Trinajstić information content (AvgIpc) is 2.66. The molecule has 6 heteroatoms. The number of anilines is 1. The van der Waals surface area contributed by atoms with Crippen molar-refractivity contribution in [3.63, 3.8) is 0 Å². The Hall–Kier alpha value is -2.89. The second-order valence-corrected chi connectivity index (χ2v) is 7.62. The van der Waals surface area contributed by atoms with Gasteiger partial charge in [-0.3, -0.25) is 9.59 Å². The maximum absolute atomic E-state index is 12.6. The van der Waals surface area contributed by atoms with Gasteiger partial charge in [-0.1, -0.05) is 32.4 Å². The summed E-state index contributed by atoms with van der Waals surface area (Å²) in [5.41, 5.74) is 1.61. The summed E-state index contributed by atoms with van der Waals surface area (Å²) >= 11 is 0. The van der Waals surface area contributed by atoms with Crippen LogP contribution < -0.4 is 10.9 Å². The molecule has 1 heterocycles. The van der Waals surface area contributed by atoms with E-state index in [1.807, 2.05) is 19.1 Å². The molecule has 1 unspecified atom stereocenters. The molecule has 6 nitrogen and oxygen atoms in total. The van der Waals surface area contributed by atoms with Crippen molar-refractivity contribution in [3.05, 3.63) is 63.2 Å². The van der Waals surface area contributed by atoms with Gasteiger partial charge in [-0.2, -0.15) is 0 Å². The molecular weight excluding hydrogens is 368 g/mol. The third-order valence-electron chi connectivity index (χ3n) is 4.94. The summed E-state index contributed by atoms with van der Waals surface area (Å²) in [6.45, 7) is 5.84. The van der Waals surface area contributed by atoms with E-state index in [-0.39, 0.29) is 17.4 Å². The molecule has 0 saturated heterocycles. The molecule has 2 amide bonds. The smallest absolute Gasteiger partial charge is 0.349 e. The first-order chi connectivity index (χ1) is 13.7. The Balaban J connectivity index is 2.08. The van der Waals surface area contributed by atoms with Crippen LogP contribution in [0.5, 0.6) is 0 Å². The fraction of sp³-hybridized carbons (Fsp3) is 0.435. The minimum Gasteiger partial charge on any atom is -0.427 e. The molecule has 0 aliphatic rings. The lowest BCUT2D eigenvalue weighted by atomic mass is 10.0. The summed E-state index contributed by atoms with van der Waals surface area (Å²) in [7, 11) is 3.47.